The highest BCUT2D eigenvalue weighted by molar-refractivity contribution is 7.84. The van der Waals surface area contributed by atoms with Gasteiger partial charge >= 0.3 is 0 Å². The van der Waals surface area contributed by atoms with Gasteiger partial charge < -0.3 is 5.32 Å². The lowest BCUT2D eigenvalue weighted by atomic mass is 10.1. The van der Waals surface area contributed by atoms with Crippen LogP contribution in [-0.4, -0.2) is 22.8 Å². The number of hydrogen-bond acceptors (Lipinski definition) is 3. The van der Waals surface area contributed by atoms with Crippen molar-refractivity contribution >= 4 is 10.8 Å². The molecule has 0 saturated heterocycles. The fraction of sp³-hybridized carbons (Fsp3) is 0.417. The molecule has 0 spiro atoms. The number of nitrogens with zero attached hydrogens (tertiary/aromatic N) is 1. The van der Waals surface area contributed by atoms with E-state index in [0.717, 1.165) is 18.7 Å². The molecule has 1 aromatic rings. The number of nitrogens with one attached hydrogen (secondary N) is 1. The third kappa shape index (κ3) is 4.13. The fourth-order valence-electron chi connectivity index (χ4n) is 1.40. The molecule has 0 aromatic heterocycles. The number of nitriles is 1. The van der Waals surface area contributed by atoms with Gasteiger partial charge in [-0.1, -0.05) is 6.07 Å². The Bertz CT molecular complexity index is 424. The van der Waals surface area contributed by atoms with E-state index in [1.54, 1.807) is 6.26 Å². The zero-order chi connectivity index (χ0) is 12.0. The van der Waals surface area contributed by atoms with Gasteiger partial charge in [-0.15, -0.1) is 0 Å². The molecule has 1 atom stereocenters. The third-order valence-corrected chi connectivity index (χ3v) is 3.13. The van der Waals surface area contributed by atoms with Gasteiger partial charge in [-0.25, -0.2) is 0 Å². The maximum Gasteiger partial charge on any atom is 0.0991 e. The second kappa shape index (κ2) is 6.41. The van der Waals surface area contributed by atoms with Gasteiger partial charge in [0.2, 0.25) is 0 Å². The summed E-state index contributed by atoms with van der Waals surface area (Å²) in [5.74, 6) is 0.676. The first kappa shape index (κ1) is 12.9. The first-order valence-corrected chi connectivity index (χ1v) is 6.86. The Balaban J connectivity index is 2.49. The van der Waals surface area contributed by atoms with Crippen molar-refractivity contribution in [3.63, 3.8) is 0 Å². The topological polar surface area (TPSA) is 52.9 Å². The Morgan fingerprint density at radius 3 is 2.81 bits per heavy atom. The van der Waals surface area contributed by atoms with Gasteiger partial charge in [0.05, 0.1) is 11.6 Å². The minimum Gasteiger partial charge on any atom is -0.312 e. The smallest absolute Gasteiger partial charge is 0.0991 e. The van der Waals surface area contributed by atoms with Crippen molar-refractivity contribution in [2.75, 3.05) is 18.6 Å². The molecule has 0 amide bonds. The van der Waals surface area contributed by atoms with E-state index in [2.05, 4.69) is 11.4 Å². The van der Waals surface area contributed by atoms with Gasteiger partial charge in [-0.3, -0.25) is 4.21 Å². The molecule has 3 nitrogen and oxygen atoms in total. The largest absolute Gasteiger partial charge is 0.312 e. The second-order valence-electron chi connectivity index (χ2n) is 3.71. The normalized spacial score (nSPS) is 12.1. The molecule has 0 radical (unpaired) electrons. The van der Waals surface area contributed by atoms with Crippen LogP contribution in [0.3, 0.4) is 0 Å². The van der Waals surface area contributed by atoms with E-state index in [1.165, 1.54) is 5.56 Å². The number of benzene rings is 1. The molecule has 0 saturated carbocycles. The Hall–Kier alpha value is -1.18. The predicted molar refractivity (Wildman–Crippen MR) is 66.5 cm³/mol. The van der Waals surface area contributed by atoms with Crippen LogP contribution >= 0.6 is 0 Å². The first-order valence-electron chi connectivity index (χ1n) is 5.14. The SMILES string of the molecule is Cc1cc(C#N)ccc1CNCCS(C)=O. The zero-order valence-electron chi connectivity index (χ0n) is 9.62. The summed E-state index contributed by atoms with van der Waals surface area (Å²) in [5, 5.41) is 12.0. The van der Waals surface area contributed by atoms with Gasteiger partial charge in [0.25, 0.3) is 0 Å². The van der Waals surface area contributed by atoms with Crippen molar-refractivity contribution in [2.45, 2.75) is 13.5 Å². The summed E-state index contributed by atoms with van der Waals surface area (Å²) in [6, 6.07) is 7.78. The Kier molecular flexibility index (Phi) is 5.17. The Labute approximate surface area is 98.9 Å². The molecular weight excluding hydrogens is 220 g/mol. The van der Waals surface area contributed by atoms with Crippen LogP contribution < -0.4 is 5.32 Å². The fourth-order valence-corrected chi connectivity index (χ4v) is 1.83. The van der Waals surface area contributed by atoms with Crippen LogP contribution in [0.4, 0.5) is 0 Å². The minimum atomic E-state index is -0.739. The highest BCUT2D eigenvalue weighted by Crippen LogP contribution is 2.09. The molecule has 0 heterocycles. The molecule has 4 heteroatoms. The molecule has 16 heavy (non-hydrogen) atoms. The van der Waals surface area contributed by atoms with E-state index < -0.39 is 10.8 Å². The minimum absolute atomic E-state index is 0.676. The van der Waals surface area contributed by atoms with Crippen LogP contribution in [0.25, 0.3) is 0 Å². The molecule has 0 aliphatic rings. The summed E-state index contributed by atoms with van der Waals surface area (Å²) in [7, 11) is -0.739. The molecule has 0 bridgehead atoms. The van der Waals surface area contributed by atoms with Crippen molar-refractivity contribution < 1.29 is 4.21 Å². The molecule has 1 N–H and O–H groups in total. The van der Waals surface area contributed by atoms with E-state index in [0.29, 0.717) is 11.3 Å². The third-order valence-electron chi connectivity index (χ3n) is 2.35. The average molecular weight is 236 g/mol. The van der Waals surface area contributed by atoms with Crippen molar-refractivity contribution in [3.05, 3.63) is 34.9 Å². The summed E-state index contributed by atoms with van der Waals surface area (Å²) in [5.41, 5.74) is 2.99. The van der Waals surface area contributed by atoms with Crippen LogP contribution in [0.5, 0.6) is 0 Å². The molecular formula is C12H16N2OS. The quantitative estimate of drug-likeness (QED) is 0.785. The number of rotatable bonds is 5. The molecule has 0 fully saturated rings. The van der Waals surface area contributed by atoms with E-state index in [-0.39, 0.29) is 0 Å². The highest BCUT2D eigenvalue weighted by Gasteiger charge is 1.99. The summed E-state index contributed by atoms with van der Waals surface area (Å²) in [6.45, 7) is 3.51. The van der Waals surface area contributed by atoms with Gasteiger partial charge in [0, 0.05) is 35.9 Å². The summed E-state index contributed by atoms with van der Waals surface area (Å²) in [6.07, 6.45) is 1.70. The molecule has 1 rings (SSSR count). The molecule has 1 unspecified atom stereocenters. The van der Waals surface area contributed by atoms with E-state index in [1.807, 2.05) is 25.1 Å². The molecule has 0 aliphatic carbocycles. The molecule has 86 valence electrons. The lowest BCUT2D eigenvalue weighted by Crippen LogP contribution is -2.20. The average Bonchev–Trinajstić information content (AvgIpc) is 2.25. The van der Waals surface area contributed by atoms with E-state index in [9.17, 15) is 4.21 Å². The molecule has 1 aromatic carbocycles. The lowest BCUT2D eigenvalue weighted by molar-refractivity contribution is 0.676. The standard InChI is InChI=1S/C12H16N2OS/c1-10-7-11(8-13)3-4-12(10)9-14-5-6-16(2)15/h3-4,7,14H,5-6,9H2,1-2H3. The highest BCUT2D eigenvalue weighted by atomic mass is 32.2. The zero-order valence-corrected chi connectivity index (χ0v) is 10.4. The van der Waals surface area contributed by atoms with Gasteiger partial charge in [0.15, 0.2) is 0 Å². The van der Waals surface area contributed by atoms with Gasteiger partial charge in [-0.2, -0.15) is 5.26 Å². The first-order chi connectivity index (χ1) is 7.63. The van der Waals surface area contributed by atoms with Crippen molar-refractivity contribution in [1.29, 1.82) is 5.26 Å². The van der Waals surface area contributed by atoms with Crippen molar-refractivity contribution in [2.24, 2.45) is 0 Å². The van der Waals surface area contributed by atoms with Crippen LogP contribution in [0, 0.1) is 18.3 Å². The van der Waals surface area contributed by atoms with Gasteiger partial charge in [-0.05, 0) is 30.2 Å². The van der Waals surface area contributed by atoms with Gasteiger partial charge in [0.1, 0.15) is 0 Å². The molecule has 0 aliphatic heterocycles. The van der Waals surface area contributed by atoms with Crippen molar-refractivity contribution in [1.82, 2.24) is 5.32 Å². The predicted octanol–water partition coefficient (Wildman–Crippen LogP) is 1.33. The van der Waals surface area contributed by atoms with E-state index in [4.69, 9.17) is 5.26 Å². The summed E-state index contributed by atoms with van der Waals surface area (Å²) >= 11 is 0. The number of aryl methyl sites for hydroxylation is 1. The van der Waals surface area contributed by atoms with Crippen LogP contribution in [0.15, 0.2) is 18.2 Å². The van der Waals surface area contributed by atoms with E-state index >= 15 is 0 Å². The Morgan fingerprint density at radius 2 is 2.25 bits per heavy atom. The summed E-state index contributed by atoms with van der Waals surface area (Å²) < 4.78 is 10.8. The monoisotopic (exact) mass is 236 g/mol. The second-order valence-corrected chi connectivity index (χ2v) is 5.26. The number of hydrogen-bond donors (Lipinski definition) is 1. The van der Waals surface area contributed by atoms with Crippen LogP contribution in [0.1, 0.15) is 16.7 Å². The van der Waals surface area contributed by atoms with Crippen LogP contribution in [0.2, 0.25) is 0 Å². The van der Waals surface area contributed by atoms with Crippen molar-refractivity contribution in [3.8, 4) is 6.07 Å². The maximum absolute atomic E-state index is 10.8. The lowest BCUT2D eigenvalue weighted by Gasteiger charge is -2.07. The Morgan fingerprint density at radius 1 is 1.50 bits per heavy atom. The van der Waals surface area contributed by atoms with Crippen LogP contribution in [-0.2, 0) is 17.3 Å². The summed E-state index contributed by atoms with van der Waals surface area (Å²) in [4.78, 5) is 0. The maximum atomic E-state index is 10.8.